The molecule has 0 bridgehead atoms. The number of hydrogen-bond acceptors (Lipinski definition) is 5. The van der Waals surface area contributed by atoms with Crippen LogP contribution in [0, 0.1) is 5.92 Å². The van der Waals surface area contributed by atoms with Crippen LogP contribution in [0.4, 0.5) is 0 Å². The van der Waals surface area contributed by atoms with E-state index in [1.807, 2.05) is 12.1 Å². The Kier molecular flexibility index (Phi) is 3.12. The van der Waals surface area contributed by atoms with Gasteiger partial charge in [-0.1, -0.05) is 6.08 Å². The molecule has 0 aliphatic carbocycles. The van der Waals surface area contributed by atoms with Crippen LogP contribution in [0.2, 0.25) is 0 Å². The van der Waals surface area contributed by atoms with Crippen molar-refractivity contribution >= 4 is 23.5 Å². The first-order chi connectivity index (χ1) is 9.74. The summed E-state index contributed by atoms with van der Waals surface area (Å²) in [5.74, 6) is -0.629. The van der Waals surface area contributed by atoms with E-state index in [1.54, 1.807) is 30.9 Å². The van der Waals surface area contributed by atoms with Gasteiger partial charge in [-0.3, -0.25) is 9.98 Å². The summed E-state index contributed by atoms with van der Waals surface area (Å²) in [6.45, 7) is -0.399. The molecule has 6 nitrogen and oxygen atoms in total. The second-order valence-electron chi connectivity index (χ2n) is 4.30. The zero-order valence-corrected chi connectivity index (χ0v) is 10.4. The number of carboxylic acid groups (broad SMARTS) is 1. The molecule has 2 aliphatic rings. The molecule has 1 N–H and O–H groups in total. The van der Waals surface area contributed by atoms with Gasteiger partial charge in [0.15, 0.2) is 6.61 Å². The van der Waals surface area contributed by atoms with Crippen molar-refractivity contribution in [1.29, 1.82) is 0 Å². The molecule has 1 unspecified atom stereocenters. The van der Waals surface area contributed by atoms with Crippen molar-refractivity contribution in [2.45, 2.75) is 0 Å². The van der Waals surface area contributed by atoms with Crippen LogP contribution in [0.5, 0.6) is 5.88 Å². The second-order valence-corrected chi connectivity index (χ2v) is 4.30. The van der Waals surface area contributed by atoms with Crippen LogP contribution < -0.4 is 4.74 Å². The van der Waals surface area contributed by atoms with Crippen molar-refractivity contribution in [1.82, 2.24) is 4.98 Å². The van der Waals surface area contributed by atoms with Gasteiger partial charge in [0.25, 0.3) is 0 Å². The maximum Gasteiger partial charge on any atom is 0.341 e. The molecule has 0 saturated carbocycles. The minimum absolute atomic E-state index is 0.111. The van der Waals surface area contributed by atoms with Crippen molar-refractivity contribution in [2.24, 2.45) is 15.9 Å². The Hall–Kier alpha value is -2.76. The SMILES string of the molecule is O=C(O)COc1ccc(C2=CN=C3C=NC=CC23)cn1. The van der Waals surface area contributed by atoms with Gasteiger partial charge in [0.2, 0.25) is 5.88 Å². The average Bonchev–Trinajstić information content (AvgIpc) is 2.89. The van der Waals surface area contributed by atoms with Gasteiger partial charge in [-0.15, -0.1) is 0 Å². The lowest BCUT2D eigenvalue weighted by atomic mass is 9.91. The van der Waals surface area contributed by atoms with Crippen LogP contribution in [-0.2, 0) is 4.79 Å². The Bertz CT molecular complexity index is 657. The first-order valence-corrected chi connectivity index (χ1v) is 6.02. The van der Waals surface area contributed by atoms with E-state index in [4.69, 9.17) is 9.84 Å². The van der Waals surface area contributed by atoms with E-state index in [0.29, 0.717) is 0 Å². The fraction of sp³-hybridized carbons (Fsp3) is 0.143. The smallest absolute Gasteiger partial charge is 0.341 e. The van der Waals surface area contributed by atoms with Crippen molar-refractivity contribution in [3.8, 4) is 5.88 Å². The molecule has 0 fully saturated rings. The molecule has 3 heterocycles. The van der Waals surface area contributed by atoms with Crippen molar-refractivity contribution < 1.29 is 14.6 Å². The van der Waals surface area contributed by atoms with Crippen LogP contribution in [0.15, 0.2) is 46.8 Å². The summed E-state index contributed by atoms with van der Waals surface area (Å²) >= 11 is 0. The number of carbonyl (C=O) groups is 1. The Morgan fingerprint density at radius 1 is 1.40 bits per heavy atom. The predicted molar refractivity (Wildman–Crippen MR) is 73.9 cm³/mol. The molecule has 0 radical (unpaired) electrons. The summed E-state index contributed by atoms with van der Waals surface area (Å²) in [6.07, 6.45) is 8.93. The minimum Gasteiger partial charge on any atom is -0.479 e. The standard InChI is InChI=1S/C14H11N3O3/c18-14(19)8-20-13-2-1-9(5-17-13)11-6-16-12-7-15-4-3-10(11)12/h1-7,10H,8H2,(H,18,19). The summed E-state index contributed by atoms with van der Waals surface area (Å²) < 4.78 is 5.00. The molecular formula is C14H11N3O3. The van der Waals surface area contributed by atoms with E-state index in [1.165, 1.54) is 0 Å². The summed E-state index contributed by atoms with van der Waals surface area (Å²) in [5, 5.41) is 8.53. The number of rotatable bonds is 4. The van der Waals surface area contributed by atoms with Crippen LogP contribution in [0.25, 0.3) is 5.57 Å². The molecule has 6 heteroatoms. The van der Waals surface area contributed by atoms with Gasteiger partial charge >= 0.3 is 5.97 Å². The summed E-state index contributed by atoms with van der Waals surface area (Å²) in [4.78, 5) is 22.9. The minimum atomic E-state index is -1.03. The van der Waals surface area contributed by atoms with E-state index in [-0.39, 0.29) is 11.8 Å². The van der Waals surface area contributed by atoms with Crippen LogP contribution in [0.1, 0.15) is 5.56 Å². The predicted octanol–water partition coefficient (Wildman–Crippen LogP) is 1.55. The number of allylic oxidation sites excluding steroid dienone is 2. The third-order valence-corrected chi connectivity index (χ3v) is 2.99. The topological polar surface area (TPSA) is 84.1 Å². The van der Waals surface area contributed by atoms with Crippen LogP contribution in [0.3, 0.4) is 0 Å². The van der Waals surface area contributed by atoms with Gasteiger partial charge in [0.05, 0.1) is 5.71 Å². The third-order valence-electron chi connectivity index (χ3n) is 2.99. The zero-order valence-electron chi connectivity index (χ0n) is 10.4. The molecule has 0 aromatic carbocycles. The second kappa shape index (κ2) is 5.08. The lowest BCUT2D eigenvalue weighted by molar-refractivity contribution is -0.139. The molecule has 0 saturated heterocycles. The molecule has 0 amide bonds. The molecule has 0 spiro atoms. The normalized spacial score (nSPS) is 19.3. The van der Waals surface area contributed by atoms with E-state index >= 15 is 0 Å². The molecule has 100 valence electrons. The highest BCUT2D eigenvalue weighted by atomic mass is 16.5. The summed E-state index contributed by atoms with van der Waals surface area (Å²) in [5.41, 5.74) is 2.88. The Labute approximate surface area is 114 Å². The lowest BCUT2D eigenvalue weighted by Gasteiger charge is -2.13. The maximum atomic E-state index is 10.4. The number of fused-ring (bicyclic) bond motifs is 1. The van der Waals surface area contributed by atoms with E-state index in [2.05, 4.69) is 15.0 Å². The summed E-state index contributed by atoms with van der Waals surface area (Å²) in [6, 6.07) is 3.49. The molecule has 1 aromatic rings. The van der Waals surface area contributed by atoms with Crippen LogP contribution in [-0.4, -0.2) is 34.6 Å². The number of nitrogens with zero attached hydrogens (tertiary/aromatic N) is 3. The number of hydrogen-bond donors (Lipinski definition) is 1. The van der Waals surface area contributed by atoms with Crippen molar-refractivity contribution in [3.63, 3.8) is 0 Å². The van der Waals surface area contributed by atoms with Gasteiger partial charge in [-0.2, -0.15) is 0 Å². The highest BCUT2D eigenvalue weighted by molar-refractivity contribution is 6.36. The first kappa shape index (κ1) is 12.3. The van der Waals surface area contributed by atoms with Gasteiger partial charge in [0.1, 0.15) is 0 Å². The Morgan fingerprint density at radius 3 is 3.05 bits per heavy atom. The molecule has 1 aromatic heterocycles. The van der Waals surface area contributed by atoms with Crippen molar-refractivity contribution in [3.05, 3.63) is 42.4 Å². The summed E-state index contributed by atoms with van der Waals surface area (Å²) in [7, 11) is 0. The fourth-order valence-electron chi connectivity index (χ4n) is 2.06. The third kappa shape index (κ3) is 2.35. The number of pyridine rings is 1. The fourth-order valence-corrected chi connectivity index (χ4v) is 2.06. The number of aromatic nitrogens is 1. The number of carboxylic acids is 1. The molecule has 2 aliphatic heterocycles. The van der Waals surface area contributed by atoms with Gasteiger partial charge in [-0.25, -0.2) is 9.78 Å². The van der Waals surface area contributed by atoms with Gasteiger partial charge in [-0.05, 0) is 17.2 Å². The van der Waals surface area contributed by atoms with Gasteiger partial charge in [0, 0.05) is 36.8 Å². The Morgan fingerprint density at radius 2 is 2.30 bits per heavy atom. The van der Waals surface area contributed by atoms with Crippen molar-refractivity contribution in [2.75, 3.05) is 6.61 Å². The number of aliphatic imine (C=N–C) groups is 2. The quantitative estimate of drug-likeness (QED) is 0.898. The monoisotopic (exact) mass is 269 g/mol. The van der Waals surface area contributed by atoms with E-state index in [9.17, 15) is 4.79 Å². The van der Waals surface area contributed by atoms with Gasteiger partial charge < -0.3 is 9.84 Å². The van der Waals surface area contributed by atoms with E-state index in [0.717, 1.165) is 16.8 Å². The average molecular weight is 269 g/mol. The maximum absolute atomic E-state index is 10.4. The van der Waals surface area contributed by atoms with Crippen LogP contribution >= 0.6 is 0 Å². The first-order valence-electron chi connectivity index (χ1n) is 6.02. The molecular weight excluding hydrogens is 258 g/mol. The molecule has 1 atom stereocenters. The molecule has 20 heavy (non-hydrogen) atoms. The number of aliphatic carboxylic acids is 1. The highest BCUT2D eigenvalue weighted by Crippen LogP contribution is 2.31. The Balaban J connectivity index is 1.74. The largest absolute Gasteiger partial charge is 0.479 e. The van der Waals surface area contributed by atoms with E-state index < -0.39 is 12.6 Å². The number of ether oxygens (including phenoxy) is 1. The highest BCUT2D eigenvalue weighted by Gasteiger charge is 2.24. The molecule has 3 rings (SSSR count). The lowest BCUT2D eigenvalue weighted by Crippen LogP contribution is -2.14. The zero-order chi connectivity index (χ0) is 13.9.